The van der Waals surface area contributed by atoms with Gasteiger partial charge in [-0.15, -0.1) is 0 Å². The summed E-state index contributed by atoms with van der Waals surface area (Å²) in [7, 11) is 0. The summed E-state index contributed by atoms with van der Waals surface area (Å²) in [5, 5.41) is 0.635. The Labute approximate surface area is 150 Å². The molecule has 0 aliphatic carbocycles. The molecule has 1 aliphatic heterocycles. The lowest BCUT2D eigenvalue weighted by molar-refractivity contribution is -0.125. The summed E-state index contributed by atoms with van der Waals surface area (Å²) in [6.07, 6.45) is 3.34. The molecule has 7 heteroatoms. The number of piperazine rings is 1. The number of anilines is 1. The van der Waals surface area contributed by atoms with Gasteiger partial charge in [-0.25, -0.2) is 9.97 Å². The van der Waals surface area contributed by atoms with Crippen LogP contribution in [-0.2, 0) is 4.79 Å². The third-order valence-electron chi connectivity index (χ3n) is 3.57. The Kier molecular flexibility index (Phi) is 5.19. The van der Waals surface area contributed by atoms with Crippen LogP contribution in [-0.4, -0.2) is 45.9 Å². The first-order valence-electron chi connectivity index (χ1n) is 7.38. The predicted molar refractivity (Wildman–Crippen MR) is 93.9 cm³/mol. The molecule has 1 unspecified atom stereocenters. The highest BCUT2D eigenvalue weighted by Crippen LogP contribution is 2.18. The molecule has 2 aromatic rings. The Balaban J connectivity index is 1.63. The summed E-state index contributed by atoms with van der Waals surface area (Å²) in [6.45, 7) is 1.45. The van der Waals surface area contributed by atoms with Gasteiger partial charge in [0.2, 0.25) is 5.95 Å². The van der Waals surface area contributed by atoms with Crippen molar-refractivity contribution in [3.05, 3.63) is 53.3 Å². The Hall–Kier alpha value is -2.29. The molecule has 0 bridgehead atoms. The summed E-state index contributed by atoms with van der Waals surface area (Å²) in [5.41, 5.74) is 0.355. The van der Waals surface area contributed by atoms with Gasteiger partial charge in [0.15, 0.2) is 0 Å². The molecule has 1 aliphatic rings. The van der Waals surface area contributed by atoms with Gasteiger partial charge in [-0.3, -0.25) is 4.79 Å². The van der Waals surface area contributed by atoms with Crippen molar-refractivity contribution in [2.45, 2.75) is 5.50 Å². The van der Waals surface area contributed by atoms with Crippen molar-refractivity contribution < 1.29 is 4.79 Å². The van der Waals surface area contributed by atoms with Crippen molar-refractivity contribution in [3.63, 3.8) is 0 Å². The van der Waals surface area contributed by atoms with E-state index in [-0.39, 0.29) is 11.4 Å². The Morgan fingerprint density at radius 3 is 2.54 bits per heavy atom. The van der Waals surface area contributed by atoms with Crippen molar-refractivity contribution in [3.8, 4) is 11.8 Å². The average Bonchev–Trinajstić information content (AvgIpc) is 2.61. The number of amides is 1. The van der Waals surface area contributed by atoms with Crippen LogP contribution >= 0.6 is 23.2 Å². The smallest absolute Gasteiger partial charge is 0.299 e. The highest BCUT2D eigenvalue weighted by Gasteiger charge is 2.28. The molecule has 1 amide bonds. The maximum absolute atomic E-state index is 12.2. The highest BCUT2D eigenvalue weighted by molar-refractivity contribution is 6.30. The second-order valence-corrected chi connectivity index (χ2v) is 6.12. The first kappa shape index (κ1) is 16.6. The molecule has 1 aromatic heterocycles. The standard InChI is InChI=1S/C17H14Cl2N4O/c18-14-5-2-13(3-6-14)4-7-16(24)22-10-11-23(15(19)12-22)17-20-8-1-9-21-17/h1-3,5-6,8-9,15H,10-12H2. The van der Waals surface area contributed by atoms with Crippen LogP contribution in [0.3, 0.4) is 0 Å². The number of alkyl halides is 1. The number of nitrogens with zero attached hydrogens (tertiary/aromatic N) is 4. The zero-order valence-corrected chi connectivity index (χ0v) is 14.2. The molecule has 2 heterocycles. The van der Waals surface area contributed by atoms with Gasteiger partial charge in [-0.1, -0.05) is 29.1 Å². The largest absolute Gasteiger partial charge is 0.327 e. The topological polar surface area (TPSA) is 49.3 Å². The lowest BCUT2D eigenvalue weighted by Crippen LogP contribution is -2.53. The van der Waals surface area contributed by atoms with E-state index in [1.54, 1.807) is 47.6 Å². The zero-order chi connectivity index (χ0) is 16.9. The van der Waals surface area contributed by atoms with E-state index in [4.69, 9.17) is 23.2 Å². The monoisotopic (exact) mass is 360 g/mol. The van der Waals surface area contributed by atoms with E-state index in [0.29, 0.717) is 30.6 Å². The fraction of sp³-hybridized carbons (Fsp3) is 0.235. The van der Waals surface area contributed by atoms with Gasteiger partial charge in [0.25, 0.3) is 5.91 Å². The van der Waals surface area contributed by atoms with E-state index in [2.05, 4.69) is 21.8 Å². The summed E-state index contributed by atoms with van der Waals surface area (Å²) in [6, 6.07) is 8.78. The third-order valence-corrected chi connectivity index (χ3v) is 4.20. The SMILES string of the molecule is O=C(C#Cc1ccc(Cl)cc1)N1CCN(c2ncccn2)C(Cl)C1. The number of carbonyl (C=O) groups excluding carboxylic acids is 1. The molecule has 24 heavy (non-hydrogen) atoms. The van der Waals surface area contributed by atoms with Crippen LogP contribution in [0.1, 0.15) is 5.56 Å². The van der Waals surface area contributed by atoms with Crippen molar-refractivity contribution in [2.24, 2.45) is 0 Å². The van der Waals surface area contributed by atoms with Crippen molar-refractivity contribution in [2.75, 3.05) is 24.5 Å². The van der Waals surface area contributed by atoms with Crippen LogP contribution < -0.4 is 4.90 Å². The molecular weight excluding hydrogens is 347 g/mol. The molecule has 5 nitrogen and oxygen atoms in total. The number of hydrogen-bond acceptors (Lipinski definition) is 4. The first-order valence-corrected chi connectivity index (χ1v) is 8.19. The molecule has 0 radical (unpaired) electrons. The number of aromatic nitrogens is 2. The Morgan fingerprint density at radius 1 is 1.17 bits per heavy atom. The molecule has 1 aromatic carbocycles. The maximum atomic E-state index is 12.2. The summed E-state index contributed by atoms with van der Waals surface area (Å²) >= 11 is 12.2. The van der Waals surface area contributed by atoms with Gasteiger partial charge in [-0.05, 0) is 30.3 Å². The van der Waals surface area contributed by atoms with Crippen LogP contribution in [0.5, 0.6) is 0 Å². The molecular formula is C17H14Cl2N4O. The Bertz CT molecular complexity index is 771. The molecule has 3 rings (SSSR count). The van der Waals surface area contributed by atoms with Crippen LogP contribution in [0.2, 0.25) is 5.02 Å². The summed E-state index contributed by atoms with van der Waals surface area (Å²) < 4.78 is 0. The molecule has 1 atom stereocenters. The van der Waals surface area contributed by atoms with Gasteiger partial charge >= 0.3 is 0 Å². The maximum Gasteiger partial charge on any atom is 0.299 e. The summed E-state index contributed by atoms with van der Waals surface area (Å²) in [4.78, 5) is 24.1. The van der Waals surface area contributed by atoms with Gasteiger partial charge < -0.3 is 9.80 Å². The van der Waals surface area contributed by atoms with E-state index in [9.17, 15) is 4.79 Å². The fourth-order valence-corrected chi connectivity index (χ4v) is 2.80. The normalized spacial score (nSPS) is 17.2. The molecule has 1 fully saturated rings. The zero-order valence-electron chi connectivity index (χ0n) is 12.7. The third kappa shape index (κ3) is 3.97. The number of carbonyl (C=O) groups is 1. The van der Waals surface area contributed by atoms with Gasteiger partial charge in [0.1, 0.15) is 5.50 Å². The molecule has 1 saturated heterocycles. The van der Waals surface area contributed by atoms with E-state index in [1.807, 2.05) is 4.90 Å². The minimum absolute atomic E-state index is 0.246. The van der Waals surface area contributed by atoms with Crippen LogP contribution in [0.25, 0.3) is 0 Å². The minimum Gasteiger partial charge on any atom is -0.327 e. The number of halogens is 2. The average molecular weight is 361 g/mol. The first-order chi connectivity index (χ1) is 11.6. The lowest BCUT2D eigenvalue weighted by atomic mass is 10.2. The number of benzene rings is 1. The van der Waals surface area contributed by atoms with E-state index >= 15 is 0 Å². The summed E-state index contributed by atoms with van der Waals surface area (Å²) in [5.74, 6) is 5.81. The van der Waals surface area contributed by atoms with E-state index in [0.717, 1.165) is 5.56 Å². The highest BCUT2D eigenvalue weighted by atomic mass is 35.5. The fourth-order valence-electron chi connectivity index (χ4n) is 2.33. The molecule has 0 N–H and O–H groups in total. The number of rotatable bonds is 1. The minimum atomic E-state index is -0.387. The van der Waals surface area contributed by atoms with Crippen molar-refractivity contribution in [1.82, 2.24) is 14.9 Å². The Morgan fingerprint density at radius 2 is 1.88 bits per heavy atom. The van der Waals surface area contributed by atoms with Crippen LogP contribution in [0.4, 0.5) is 5.95 Å². The van der Waals surface area contributed by atoms with Gasteiger partial charge in [0.05, 0.1) is 6.54 Å². The van der Waals surface area contributed by atoms with E-state index < -0.39 is 0 Å². The predicted octanol–water partition coefficient (Wildman–Crippen LogP) is 2.40. The lowest BCUT2D eigenvalue weighted by Gasteiger charge is -2.37. The van der Waals surface area contributed by atoms with Gasteiger partial charge in [-0.2, -0.15) is 0 Å². The number of hydrogen-bond donors (Lipinski definition) is 0. The van der Waals surface area contributed by atoms with Gasteiger partial charge in [0, 0.05) is 42.0 Å². The van der Waals surface area contributed by atoms with Crippen LogP contribution in [0, 0.1) is 11.8 Å². The molecule has 0 spiro atoms. The van der Waals surface area contributed by atoms with Crippen molar-refractivity contribution in [1.29, 1.82) is 0 Å². The van der Waals surface area contributed by atoms with Crippen LogP contribution in [0.15, 0.2) is 42.7 Å². The second-order valence-electron chi connectivity index (χ2n) is 5.18. The van der Waals surface area contributed by atoms with Crippen molar-refractivity contribution >= 4 is 35.1 Å². The van der Waals surface area contributed by atoms with E-state index in [1.165, 1.54) is 0 Å². The second kappa shape index (κ2) is 7.52. The molecule has 122 valence electrons. The molecule has 0 saturated carbocycles. The quantitative estimate of drug-likeness (QED) is 0.445.